The van der Waals surface area contributed by atoms with Gasteiger partial charge in [-0.25, -0.2) is 12.8 Å². The van der Waals surface area contributed by atoms with Gasteiger partial charge in [0.25, 0.3) is 10.0 Å². The molecule has 0 aliphatic rings. The van der Waals surface area contributed by atoms with E-state index >= 15 is 0 Å². The molecule has 5 nitrogen and oxygen atoms in total. The average Bonchev–Trinajstić information content (AvgIpc) is 2.88. The number of halogens is 1. The second-order valence-electron chi connectivity index (χ2n) is 3.96. The maximum absolute atomic E-state index is 13.4. The molecule has 0 radical (unpaired) electrons. The number of hydrogen-bond donors (Lipinski definition) is 2. The number of pyridine rings is 1. The van der Waals surface area contributed by atoms with E-state index in [9.17, 15) is 12.8 Å². The first kappa shape index (κ1) is 14.9. The van der Waals surface area contributed by atoms with Gasteiger partial charge < -0.3 is 5.32 Å². The van der Waals surface area contributed by atoms with Crippen LogP contribution in [0.25, 0.3) is 0 Å². The Balaban J connectivity index is 2.18. The molecule has 0 fully saturated rings. The van der Waals surface area contributed by atoms with Crippen molar-refractivity contribution in [3.63, 3.8) is 0 Å². The highest BCUT2D eigenvalue weighted by atomic mass is 32.2. The molecule has 2 N–H and O–H groups in total. The van der Waals surface area contributed by atoms with Crippen LogP contribution in [0.5, 0.6) is 0 Å². The number of sulfonamides is 1. The van der Waals surface area contributed by atoms with E-state index in [1.54, 1.807) is 6.07 Å². The Morgan fingerprint density at radius 2 is 2.15 bits per heavy atom. The summed E-state index contributed by atoms with van der Waals surface area (Å²) in [5.41, 5.74) is -0.110. The lowest BCUT2D eigenvalue weighted by Gasteiger charge is -2.06. The minimum atomic E-state index is -3.77. The standard InChI is InChI=1S/C12H14FN3O2S2/c1-2-14-7-9-3-4-12(19-9)20(17,18)16-11-5-6-15-8-10(11)13/h3-6,8,14H,2,7H2,1H3,(H,15,16). The topological polar surface area (TPSA) is 71.1 Å². The molecular formula is C12H14FN3O2S2. The number of aromatic nitrogens is 1. The molecule has 20 heavy (non-hydrogen) atoms. The third-order valence-corrected chi connectivity index (χ3v) is 5.41. The van der Waals surface area contributed by atoms with Gasteiger partial charge >= 0.3 is 0 Å². The number of thiophene rings is 1. The Kier molecular flexibility index (Phi) is 4.69. The van der Waals surface area contributed by atoms with E-state index in [-0.39, 0.29) is 9.90 Å². The second kappa shape index (κ2) is 6.29. The first-order valence-corrected chi connectivity index (χ1v) is 8.24. The van der Waals surface area contributed by atoms with Crippen LogP contribution in [0.2, 0.25) is 0 Å². The van der Waals surface area contributed by atoms with Crippen LogP contribution in [-0.2, 0) is 16.6 Å². The third kappa shape index (κ3) is 3.53. The van der Waals surface area contributed by atoms with Gasteiger partial charge in [-0.05, 0) is 24.7 Å². The van der Waals surface area contributed by atoms with Crippen LogP contribution in [0, 0.1) is 5.82 Å². The van der Waals surface area contributed by atoms with Gasteiger partial charge in [0, 0.05) is 17.6 Å². The molecule has 0 amide bonds. The van der Waals surface area contributed by atoms with Gasteiger partial charge in [0.05, 0.1) is 11.9 Å². The molecule has 0 aliphatic carbocycles. The van der Waals surface area contributed by atoms with E-state index in [0.29, 0.717) is 6.54 Å². The lowest BCUT2D eigenvalue weighted by atomic mass is 10.4. The van der Waals surface area contributed by atoms with Crippen molar-refractivity contribution in [2.24, 2.45) is 0 Å². The number of anilines is 1. The maximum atomic E-state index is 13.4. The zero-order valence-corrected chi connectivity index (χ0v) is 12.4. The van der Waals surface area contributed by atoms with E-state index < -0.39 is 15.8 Å². The van der Waals surface area contributed by atoms with Gasteiger partial charge in [0.2, 0.25) is 0 Å². The summed E-state index contributed by atoms with van der Waals surface area (Å²) < 4.78 is 40.1. The number of hydrogen-bond acceptors (Lipinski definition) is 5. The predicted molar refractivity (Wildman–Crippen MR) is 76.7 cm³/mol. The molecule has 0 saturated carbocycles. The lowest BCUT2D eigenvalue weighted by molar-refractivity contribution is 0.599. The number of nitrogens with zero attached hydrogens (tertiary/aromatic N) is 1. The fraction of sp³-hybridized carbons (Fsp3) is 0.250. The molecule has 0 aliphatic heterocycles. The van der Waals surface area contributed by atoms with Crippen LogP contribution in [0.4, 0.5) is 10.1 Å². The molecule has 0 aromatic carbocycles. The summed E-state index contributed by atoms with van der Waals surface area (Å²) >= 11 is 1.15. The molecule has 2 aromatic heterocycles. The minimum Gasteiger partial charge on any atom is -0.312 e. The molecule has 2 rings (SSSR count). The van der Waals surface area contributed by atoms with Crippen LogP contribution in [0.15, 0.2) is 34.8 Å². The maximum Gasteiger partial charge on any atom is 0.271 e. The van der Waals surface area contributed by atoms with Crippen LogP contribution in [0.1, 0.15) is 11.8 Å². The number of rotatable bonds is 6. The zero-order chi connectivity index (χ0) is 14.6. The molecule has 0 bridgehead atoms. The summed E-state index contributed by atoms with van der Waals surface area (Å²) in [4.78, 5) is 4.48. The van der Waals surface area contributed by atoms with Crippen molar-refractivity contribution in [2.45, 2.75) is 17.7 Å². The van der Waals surface area contributed by atoms with Crippen molar-refractivity contribution >= 4 is 27.0 Å². The molecule has 0 atom stereocenters. The van der Waals surface area contributed by atoms with Crippen molar-refractivity contribution < 1.29 is 12.8 Å². The monoisotopic (exact) mass is 315 g/mol. The highest BCUT2D eigenvalue weighted by molar-refractivity contribution is 7.94. The fourth-order valence-electron chi connectivity index (χ4n) is 1.50. The Morgan fingerprint density at radius 1 is 1.35 bits per heavy atom. The summed E-state index contributed by atoms with van der Waals surface area (Å²) in [6, 6.07) is 4.53. The Labute approximate surface area is 120 Å². The largest absolute Gasteiger partial charge is 0.312 e. The van der Waals surface area contributed by atoms with Crippen molar-refractivity contribution in [2.75, 3.05) is 11.3 Å². The molecule has 0 unspecified atom stereocenters. The highest BCUT2D eigenvalue weighted by Crippen LogP contribution is 2.24. The highest BCUT2D eigenvalue weighted by Gasteiger charge is 2.18. The molecule has 2 heterocycles. The smallest absolute Gasteiger partial charge is 0.271 e. The van der Waals surface area contributed by atoms with Crippen LogP contribution in [-0.4, -0.2) is 19.9 Å². The first-order valence-electron chi connectivity index (χ1n) is 5.94. The summed E-state index contributed by atoms with van der Waals surface area (Å²) in [6.07, 6.45) is 2.29. The van der Waals surface area contributed by atoms with Gasteiger partial charge in [-0.2, -0.15) is 0 Å². The summed E-state index contributed by atoms with van der Waals surface area (Å²) in [6.45, 7) is 3.39. The van der Waals surface area contributed by atoms with E-state index in [4.69, 9.17) is 0 Å². The van der Waals surface area contributed by atoms with Gasteiger partial charge in [0.15, 0.2) is 5.82 Å². The van der Waals surface area contributed by atoms with Gasteiger partial charge in [0.1, 0.15) is 4.21 Å². The van der Waals surface area contributed by atoms with E-state index in [1.807, 2.05) is 6.92 Å². The molecule has 0 spiro atoms. The van der Waals surface area contributed by atoms with Crippen LogP contribution in [0.3, 0.4) is 0 Å². The Hall–Kier alpha value is -1.51. The molecule has 108 valence electrons. The quantitative estimate of drug-likeness (QED) is 0.857. The van der Waals surface area contributed by atoms with E-state index in [2.05, 4.69) is 15.0 Å². The van der Waals surface area contributed by atoms with Crippen LogP contribution < -0.4 is 10.0 Å². The number of nitrogens with one attached hydrogen (secondary N) is 2. The molecule has 0 saturated heterocycles. The first-order chi connectivity index (χ1) is 9.53. The normalized spacial score (nSPS) is 11.5. The van der Waals surface area contributed by atoms with Crippen molar-refractivity contribution in [1.29, 1.82) is 0 Å². The van der Waals surface area contributed by atoms with Gasteiger partial charge in [-0.3, -0.25) is 9.71 Å². The van der Waals surface area contributed by atoms with Crippen molar-refractivity contribution in [1.82, 2.24) is 10.3 Å². The Bertz CT molecular complexity index is 686. The van der Waals surface area contributed by atoms with Crippen LogP contribution >= 0.6 is 11.3 Å². The average molecular weight is 315 g/mol. The van der Waals surface area contributed by atoms with Crippen molar-refractivity contribution in [3.8, 4) is 0 Å². The van der Waals surface area contributed by atoms with E-state index in [0.717, 1.165) is 29.0 Å². The minimum absolute atomic E-state index is 0.110. The second-order valence-corrected chi connectivity index (χ2v) is 7.04. The summed E-state index contributed by atoms with van der Waals surface area (Å²) in [5, 5.41) is 3.12. The summed E-state index contributed by atoms with van der Waals surface area (Å²) in [5.74, 6) is -0.708. The molecular weight excluding hydrogens is 301 g/mol. The molecule has 8 heteroatoms. The fourth-order valence-corrected chi connectivity index (χ4v) is 3.89. The SMILES string of the molecule is CCNCc1ccc(S(=O)(=O)Nc2ccncc2F)s1. The Morgan fingerprint density at radius 3 is 2.85 bits per heavy atom. The lowest BCUT2D eigenvalue weighted by Crippen LogP contribution is -2.13. The van der Waals surface area contributed by atoms with Crippen molar-refractivity contribution in [3.05, 3.63) is 41.3 Å². The summed E-state index contributed by atoms with van der Waals surface area (Å²) in [7, 11) is -3.77. The molecule has 2 aromatic rings. The van der Waals surface area contributed by atoms with Gasteiger partial charge in [-0.1, -0.05) is 6.92 Å². The predicted octanol–water partition coefficient (Wildman–Crippen LogP) is 2.19. The third-order valence-electron chi connectivity index (χ3n) is 2.47. The van der Waals surface area contributed by atoms with Gasteiger partial charge in [-0.15, -0.1) is 11.3 Å². The zero-order valence-electron chi connectivity index (χ0n) is 10.8. The van der Waals surface area contributed by atoms with E-state index in [1.165, 1.54) is 18.3 Å².